The van der Waals surface area contributed by atoms with Gasteiger partial charge in [-0.15, -0.1) is 0 Å². The first kappa shape index (κ1) is 9.94. The second-order valence-electron chi connectivity index (χ2n) is 3.60. The molecule has 1 nitrogen and oxygen atoms in total. The number of benzene rings is 2. The van der Waals surface area contributed by atoms with E-state index in [4.69, 9.17) is 0 Å². The average molecular weight is 197 g/mol. The van der Waals surface area contributed by atoms with Crippen LogP contribution in [-0.4, -0.2) is 7.05 Å². The lowest BCUT2D eigenvalue weighted by Crippen LogP contribution is -2.04. The van der Waals surface area contributed by atoms with Gasteiger partial charge < -0.3 is 5.32 Å². The molecule has 15 heavy (non-hydrogen) atoms. The van der Waals surface area contributed by atoms with Crippen LogP contribution in [0.4, 0.5) is 0 Å². The molecule has 2 rings (SSSR count). The molecule has 0 spiro atoms. The van der Waals surface area contributed by atoms with E-state index in [0.717, 1.165) is 6.54 Å². The van der Waals surface area contributed by atoms with Crippen LogP contribution in [0, 0.1) is 0 Å². The van der Waals surface area contributed by atoms with E-state index in [9.17, 15) is 0 Å². The van der Waals surface area contributed by atoms with Crippen LogP contribution in [-0.2, 0) is 6.54 Å². The fourth-order valence-corrected chi connectivity index (χ4v) is 1.70. The van der Waals surface area contributed by atoms with Gasteiger partial charge in [-0.2, -0.15) is 0 Å². The molecule has 0 saturated carbocycles. The summed E-state index contributed by atoms with van der Waals surface area (Å²) in [6.07, 6.45) is 0. The summed E-state index contributed by atoms with van der Waals surface area (Å²) in [5.74, 6) is 0. The summed E-state index contributed by atoms with van der Waals surface area (Å²) in [6.45, 7) is 0.917. The van der Waals surface area contributed by atoms with Crippen LogP contribution >= 0.6 is 0 Å². The Morgan fingerprint density at radius 1 is 0.867 bits per heavy atom. The molecule has 0 aliphatic rings. The van der Waals surface area contributed by atoms with Crippen molar-refractivity contribution in [1.29, 1.82) is 0 Å². The van der Waals surface area contributed by atoms with Crippen molar-refractivity contribution < 1.29 is 0 Å². The maximum absolute atomic E-state index is 3.16. The quantitative estimate of drug-likeness (QED) is 0.797. The minimum Gasteiger partial charge on any atom is -0.316 e. The van der Waals surface area contributed by atoms with Crippen molar-refractivity contribution in [2.75, 3.05) is 7.05 Å². The zero-order chi connectivity index (χ0) is 10.5. The van der Waals surface area contributed by atoms with Crippen LogP contribution in [0.15, 0.2) is 54.6 Å². The molecule has 0 aliphatic heterocycles. The van der Waals surface area contributed by atoms with E-state index in [1.807, 2.05) is 13.1 Å². The van der Waals surface area contributed by atoms with Crippen molar-refractivity contribution in [2.45, 2.75) is 6.54 Å². The normalized spacial score (nSPS) is 10.2. The van der Waals surface area contributed by atoms with Gasteiger partial charge in [-0.25, -0.2) is 0 Å². The highest BCUT2D eigenvalue weighted by atomic mass is 14.8. The van der Waals surface area contributed by atoms with Crippen LogP contribution in [0.3, 0.4) is 0 Å². The number of nitrogens with one attached hydrogen (secondary N) is 1. The minimum atomic E-state index is 0.917. The summed E-state index contributed by atoms with van der Waals surface area (Å²) >= 11 is 0. The molecule has 1 heteroatoms. The zero-order valence-electron chi connectivity index (χ0n) is 8.90. The Labute approximate surface area is 90.8 Å². The predicted molar refractivity (Wildman–Crippen MR) is 64.6 cm³/mol. The monoisotopic (exact) mass is 197 g/mol. The Kier molecular flexibility index (Phi) is 3.15. The lowest BCUT2D eigenvalue weighted by Gasteiger charge is -2.04. The molecule has 0 unspecified atom stereocenters. The van der Waals surface area contributed by atoms with Crippen LogP contribution in [0.5, 0.6) is 0 Å². The highest BCUT2D eigenvalue weighted by Gasteiger charge is 1.97. The molecule has 0 fully saturated rings. The first-order valence-electron chi connectivity index (χ1n) is 5.19. The van der Waals surface area contributed by atoms with E-state index in [2.05, 4.69) is 53.8 Å². The van der Waals surface area contributed by atoms with Gasteiger partial charge in [0.15, 0.2) is 0 Å². The third-order valence-corrected chi connectivity index (χ3v) is 2.42. The second-order valence-corrected chi connectivity index (χ2v) is 3.60. The smallest absolute Gasteiger partial charge is 0.0202 e. The largest absolute Gasteiger partial charge is 0.316 e. The maximum Gasteiger partial charge on any atom is 0.0202 e. The summed E-state index contributed by atoms with van der Waals surface area (Å²) < 4.78 is 0. The van der Waals surface area contributed by atoms with E-state index in [1.165, 1.54) is 16.7 Å². The lowest BCUT2D eigenvalue weighted by molar-refractivity contribution is 0.818. The molecule has 0 saturated heterocycles. The maximum atomic E-state index is 3.16. The molecule has 0 radical (unpaired) electrons. The average Bonchev–Trinajstić information content (AvgIpc) is 2.31. The molecule has 76 valence electrons. The molecule has 0 aromatic heterocycles. The van der Waals surface area contributed by atoms with Crippen molar-refractivity contribution in [3.8, 4) is 11.1 Å². The van der Waals surface area contributed by atoms with Gasteiger partial charge in [0.05, 0.1) is 0 Å². The third kappa shape index (κ3) is 2.45. The molecule has 0 atom stereocenters. The summed E-state index contributed by atoms with van der Waals surface area (Å²) in [7, 11) is 1.97. The van der Waals surface area contributed by atoms with Gasteiger partial charge in [0, 0.05) is 6.54 Å². The van der Waals surface area contributed by atoms with Crippen molar-refractivity contribution in [3.05, 3.63) is 60.2 Å². The number of hydrogen-bond donors (Lipinski definition) is 1. The molecule has 0 bridgehead atoms. The van der Waals surface area contributed by atoms with Crippen LogP contribution in [0.2, 0.25) is 0 Å². The molecular weight excluding hydrogens is 182 g/mol. The topological polar surface area (TPSA) is 12.0 Å². The first-order valence-corrected chi connectivity index (χ1v) is 5.19. The fraction of sp³-hybridized carbons (Fsp3) is 0.143. The Balaban J connectivity index is 2.33. The fourth-order valence-electron chi connectivity index (χ4n) is 1.70. The van der Waals surface area contributed by atoms with E-state index in [1.54, 1.807) is 0 Å². The van der Waals surface area contributed by atoms with Crippen molar-refractivity contribution in [2.24, 2.45) is 0 Å². The van der Waals surface area contributed by atoms with Crippen molar-refractivity contribution >= 4 is 0 Å². The third-order valence-electron chi connectivity index (χ3n) is 2.42. The van der Waals surface area contributed by atoms with Gasteiger partial charge in [0.25, 0.3) is 0 Å². The highest BCUT2D eigenvalue weighted by Crippen LogP contribution is 2.19. The molecule has 2 aromatic rings. The van der Waals surface area contributed by atoms with E-state index in [0.29, 0.717) is 0 Å². The second kappa shape index (κ2) is 4.76. The van der Waals surface area contributed by atoms with Gasteiger partial charge >= 0.3 is 0 Å². The molecule has 1 N–H and O–H groups in total. The van der Waals surface area contributed by atoms with Gasteiger partial charge in [-0.3, -0.25) is 0 Å². The molecule has 2 aromatic carbocycles. The standard InChI is InChI=1S/C14H15N/c1-15-11-12-6-5-9-14(10-12)13-7-3-2-4-8-13/h2-10,15H,11H2,1H3. The van der Waals surface area contributed by atoms with Crippen LogP contribution in [0.25, 0.3) is 11.1 Å². The Morgan fingerprint density at radius 2 is 1.60 bits per heavy atom. The van der Waals surface area contributed by atoms with E-state index in [-0.39, 0.29) is 0 Å². The highest BCUT2D eigenvalue weighted by molar-refractivity contribution is 5.63. The molecule has 0 aliphatic carbocycles. The minimum absolute atomic E-state index is 0.917. The lowest BCUT2D eigenvalue weighted by atomic mass is 10.0. The molecular formula is C14H15N. The summed E-state index contributed by atoms with van der Waals surface area (Å²) in [5.41, 5.74) is 3.87. The first-order chi connectivity index (χ1) is 7.40. The van der Waals surface area contributed by atoms with Gasteiger partial charge in [-0.1, -0.05) is 48.5 Å². The van der Waals surface area contributed by atoms with Crippen molar-refractivity contribution in [3.63, 3.8) is 0 Å². The van der Waals surface area contributed by atoms with E-state index >= 15 is 0 Å². The summed E-state index contributed by atoms with van der Waals surface area (Å²) in [6, 6.07) is 19.1. The predicted octanol–water partition coefficient (Wildman–Crippen LogP) is 3.07. The van der Waals surface area contributed by atoms with Gasteiger partial charge in [-0.05, 0) is 29.8 Å². The summed E-state index contributed by atoms with van der Waals surface area (Å²) in [4.78, 5) is 0. The van der Waals surface area contributed by atoms with Crippen LogP contribution < -0.4 is 5.32 Å². The van der Waals surface area contributed by atoms with E-state index < -0.39 is 0 Å². The van der Waals surface area contributed by atoms with Crippen LogP contribution in [0.1, 0.15) is 5.56 Å². The van der Waals surface area contributed by atoms with Crippen molar-refractivity contribution in [1.82, 2.24) is 5.32 Å². The van der Waals surface area contributed by atoms with Gasteiger partial charge in [0.2, 0.25) is 0 Å². The number of hydrogen-bond acceptors (Lipinski definition) is 1. The Morgan fingerprint density at radius 3 is 2.33 bits per heavy atom. The number of rotatable bonds is 3. The molecule has 0 amide bonds. The summed E-state index contributed by atoms with van der Waals surface area (Å²) in [5, 5.41) is 3.16. The van der Waals surface area contributed by atoms with Gasteiger partial charge in [0.1, 0.15) is 0 Å². The zero-order valence-corrected chi connectivity index (χ0v) is 8.90. The molecule has 0 heterocycles. The Hall–Kier alpha value is -1.60. The SMILES string of the molecule is CNCc1cccc(-c2ccccc2)c1. The Bertz CT molecular complexity index is 420.